The van der Waals surface area contributed by atoms with Crippen molar-refractivity contribution in [3.05, 3.63) is 17.0 Å². The molecular formula is C16H22N4O2. The van der Waals surface area contributed by atoms with E-state index >= 15 is 0 Å². The molecule has 1 aliphatic heterocycles. The van der Waals surface area contributed by atoms with E-state index in [2.05, 4.69) is 21.8 Å². The summed E-state index contributed by atoms with van der Waals surface area (Å²) in [6, 6.07) is 0. The number of Topliss-reactive ketones (excluding diaryl/α,β-unsaturated/α-hetero) is 1. The van der Waals surface area contributed by atoms with E-state index in [0.29, 0.717) is 23.9 Å². The third-order valence-corrected chi connectivity index (χ3v) is 4.69. The Morgan fingerprint density at radius 2 is 1.91 bits per heavy atom. The van der Waals surface area contributed by atoms with E-state index in [9.17, 15) is 9.59 Å². The zero-order valence-corrected chi connectivity index (χ0v) is 13.1. The maximum atomic E-state index is 12.2. The number of anilines is 1. The van der Waals surface area contributed by atoms with Crippen molar-refractivity contribution in [1.29, 1.82) is 0 Å². The topological polar surface area (TPSA) is 89.2 Å². The fourth-order valence-electron chi connectivity index (χ4n) is 3.45. The smallest absolute Gasteiger partial charge is 0.225 e. The van der Waals surface area contributed by atoms with Gasteiger partial charge in [0.2, 0.25) is 11.9 Å². The number of hydrogen-bond acceptors (Lipinski definition) is 5. The highest BCUT2D eigenvalue weighted by atomic mass is 16.1. The van der Waals surface area contributed by atoms with Gasteiger partial charge in [0.25, 0.3) is 0 Å². The first-order valence-corrected chi connectivity index (χ1v) is 7.90. The zero-order chi connectivity index (χ0) is 15.9. The number of nitrogens with two attached hydrogens (primary N) is 1. The summed E-state index contributed by atoms with van der Waals surface area (Å²) >= 11 is 0. The van der Waals surface area contributed by atoms with Crippen molar-refractivity contribution in [2.45, 2.75) is 39.5 Å². The molecule has 1 saturated heterocycles. The highest BCUT2D eigenvalue weighted by Gasteiger charge is 2.29. The lowest BCUT2D eigenvalue weighted by Gasteiger charge is -2.31. The Bertz CT molecular complexity index is 621. The lowest BCUT2D eigenvalue weighted by molar-refractivity contribution is -0.122. The fourth-order valence-corrected chi connectivity index (χ4v) is 3.45. The Morgan fingerprint density at radius 1 is 1.23 bits per heavy atom. The minimum absolute atomic E-state index is 0.0448. The van der Waals surface area contributed by atoms with Crippen LogP contribution in [0.2, 0.25) is 0 Å². The average molecular weight is 302 g/mol. The molecule has 3 rings (SSSR count). The maximum Gasteiger partial charge on any atom is 0.225 e. The fraction of sp³-hybridized carbons (Fsp3) is 0.625. The summed E-state index contributed by atoms with van der Waals surface area (Å²) < 4.78 is 0. The average Bonchev–Trinajstić information content (AvgIpc) is 2.46. The number of aromatic nitrogens is 2. The van der Waals surface area contributed by atoms with Crippen LogP contribution >= 0.6 is 0 Å². The van der Waals surface area contributed by atoms with Crippen LogP contribution in [-0.4, -0.2) is 34.7 Å². The molecule has 1 fully saturated rings. The quantitative estimate of drug-likeness (QED) is 0.888. The number of amides is 1. The molecule has 1 aromatic rings. The largest absolute Gasteiger partial charge is 0.369 e. The first kappa shape index (κ1) is 14.9. The van der Waals surface area contributed by atoms with Gasteiger partial charge in [-0.05, 0) is 32.1 Å². The van der Waals surface area contributed by atoms with E-state index in [0.717, 1.165) is 43.7 Å². The van der Waals surface area contributed by atoms with Crippen molar-refractivity contribution in [2.24, 2.45) is 17.6 Å². The Hall–Kier alpha value is -1.98. The summed E-state index contributed by atoms with van der Waals surface area (Å²) in [6.45, 7) is 5.43. The molecule has 1 atom stereocenters. The van der Waals surface area contributed by atoms with Gasteiger partial charge in [0.05, 0.1) is 17.0 Å². The number of carbonyl (C=O) groups excluding carboxylic acids is 2. The van der Waals surface area contributed by atoms with E-state index in [1.54, 1.807) is 0 Å². The van der Waals surface area contributed by atoms with Crippen LogP contribution in [0, 0.1) is 18.8 Å². The van der Waals surface area contributed by atoms with Gasteiger partial charge in [0.15, 0.2) is 5.78 Å². The number of aryl methyl sites for hydroxylation is 1. The monoisotopic (exact) mass is 302 g/mol. The Morgan fingerprint density at radius 3 is 2.55 bits per heavy atom. The normalized spacial score (nSPS) is 22.5. The van der Waals surface area contributed by atoms with Crippen molar-refractivity contribution in [2.75, 3.05) is 18.0 Å². The Kier molecular flexibility index (Phi) is 3.85. The zero-order valence-electron chi connectivity index (χ0n) is 13.1. The van der Waals surface area contributed by atoms with Gasteiger partial charge >= 0.3 is 0 Å². The molecule has 0 spiro atoms. The molecule has 1 aliphatic carbocycles. The minimum Gasteiger partial charge on any atom is -0.369 e. The number of piperidine rings is 1. The number of nitrogens with zero attached hydrogens (tertiary/aromatic N) is 3. The molecule has 2 N–H and O–H groups in total. The van der Waals surface area contributed by atoms with Gasteiger partial charge in [-0.3, -0.25) is 9.59 Å². The maximum absolute atomic E-state index is 12.2. The highest BCUT2D eigenvalue weighted by Crippen LogP contribution is 2.28. The summed E-state index contributed by atoms with van der Waals surface area (Å²) in [7, 11) is 0. The third kappa shape index (κ3) is 2.69. The molecule has 22 heavy (non-hydrogen) atoms. The van der Waals surface area contributed by atoms with Gasteiger partial charge < -0.3 is 10.6 Å². The number of hydrogen-bond donors (Lipinski definition) is 1. The summed E-state index contributed by atoms with van der Waals surface area (Å²) in [5, 5.41) is 0. The predicted octanol–water partition coefficient (Wildman–Crippen LogP) is 1.25. The van der Waals surface area contributed by atoms with Crippen LogP contribution in [0.1, 0.15) is 47.9 Å². The van der Waals surface area contributed by atoms with Gasteiger partial charge in [0, 0.05) is 25.4 Å². The molecule has 0 saturated carbocycles. The third-order valence-electron chi connectivity index (χ3n) is 4.69. The molecule has 2 aliphatic rings. The van der Waals surface area contributed by atoms with Crippen molar-refractivity contribution < 1.29 is 9.59 Å². The highest BCUT2D eigenvalue weighted by molar-refractivity contribution is 5.99. The van der Waals surface area contributed by atoms with Crippen LogP contribution in [0.5, 0.6) is 0 Å². The molecule has 0 radical (unpaired) electrons. The summed E-state index contributed by atoms with van der Waals surface area (Å²) in [5.41, 5.74) is 7.74. The summed E-state index contributed by atoms with van der Waals surface area (Å²) in [4.78, 5) is 34.7. The first-order valence-electron chi connectivity index (χ1n) is 7.90. The molecule has 0 aromatic carbocycles. The van der Waals surface area contributed by atoms with Crippen LogP contribution in [0.15, 0.2) is 0 Å². The van der Waals surface area contributed by atoms with E-state index in [1.807, 2.05) is 6.92 Å². The lowest BCUT2D eigenvalue weighted by atomic mass is 9.86. The number of fused-ring (bicyclic) bond motifs is 1. The van der Waals surface area contributed by atoms with E-state index in [-0.39, 0.29) is 17.6 Å². The van der Waals surface area contributed by atoms with Gasteiger partial charge in [-0.25, -0.2) is 9.97 Å². The second-order valence-corrected chi connectivity index (χ2v) is 6.53. The minimum atomic E-state index is -0.221. The van der Waals surface area contributed by atoms with Crippen LogP contribution in [0.4, 0.5) is 5.95 Å². The van der Waals surface area contributed by atoms with Gasteiger partial charge in [-0.2, -0.15) is 0 Å². The Labute approximate surface area is 130 Å². The predicted molar refractivity (Wildman–Crippen MR) is 82.7 cm³/mol. The standard InChI is InChI=1S/C16H22N4O2/c1-9-7-12-14(13(21)8-9)10(2)18-16(19-12)20-5-3-11(4-6-20)15(17)22/h9,11H,3-8H2,1-2H3,(H2,17,22)/t9-/m0/s1. The number of ketones is 1. The first-order chi connectivity index (χ1) is 10.5. The molecule has 2 heterocycles. The molecule has 6 heteroatoms. The number of rotatable bonds is 2. The number of carbonyl (C=O) groups is 2. The lowest BCUT2D eigenvalue weighted by Crippen LogP contribution is -2.39. The van der Waals surface area contributed by atoms with Crippen molar-refractivity contribution in [3.63, 3.8) is 0 Å². The molecule has 1 amide bonds. The van der Waals surface area contributed by atoms with Crippen molar-refractivity contribution >= 4 is 17.6 Å². The molecule has 6 nitrogen and oxygen atoms in total. The van der Waals surface area contributed by atoms with E-state index in [1.165, 1.54) is 0 Å². The van der Waals surface area contributed by atoms with Gasteiger partial charge in [-0.15, -0.1) is 0 Å². The Balaban J connectivity index is 1.84. The number of primary amides is 1. The summed E-state index contributed by atoms with van der Waals surface area (Å²) in [5.74, 6) is 0.909. The van der Waals surface area contributed by atoms with Crippen molar-refractivity contribution in [1.82, 2.24) is 9.97 Å². The van der Waals surface area contributed by atoms with Gasteiger partial charge in [-0.1, -0.05) is 6.92 Å². The molecule has 0 bridgehead atoms. The van der Waals surface area contributed by atoms with Crippen LogP contribution < -0.4 is 10.6 Å². The van der Waals surface area contributed by atoms with E-state index < -0.39 is 0 Å². The SMILES string of the molecule is Cc1nc(N2CCC(C(N)=O)CC2)nc2c1C(=O)C[C@@H](C)C2. The van der Waals surface area contributed by atoms with Crippen molar-refractivity contribution in [3.8, 4) is 0 Å². The molecule has 0 unspecified atom stereocenters. The van der Waals surface area contributed by atoms with Crippen LogP contribution in [0.25, 0.3) is 0 Å². The van der Waals surface area contributed by atoms with Gasteiger partial charge in [0.1, 0.15) is 0 Å². The molecule has 1 aromatic heterocycles. The van der Waals surface area contributed by atoms with Crippen LogP contribution in [0.3, 0.4) is 0 Å². The summed E-state index contributed by atoms with van der Waals surface area (Å²) in [6.07, 6.45) is 2.89. The van der Waals surface area contributed by atoms with E-state index in [4.69, 9.17) is 5.73 Å². The van der Waals surface area contributed by atoms with Crippen LogP contribution in [-0.2, 0) is 11.2 Å². The molecular weight excluding hydrogens is 280 g/mol. The molecule has 118 valence electrons. The second kappa shape index (κ2) is 5.66. The second-order valence-electron chi connectivity index (χ2n) is 6.53.